The van der Waals surface area contributed by atoms with E-state index in [9.17, 15) is 23.2 Å². The highest BCUT2D eigenvalue weighted by atomic mass is 19.1. The van der Waals surface area contributed by atoms with Crippen molar-refractivity contribution in [2.45, 2.75) is 44.3 Å². The summed E-state index contributed by atoms with van der Waals surface area (Å²) in [6, 6.07) is 18.2. The lowest BCUT2D eigenvalue weighted by atomic mass is 9.90. The third-order valence-corrected chi connectivity index (χ3v) is 8.54. The summed E-state index contributed by atoms with van der Waals surface area (Å²) in [5, 5.41) is 2.96. The van der Waals surface area contributed by atoms with Crippen molar-refractivity contribution in [2.75, 3.05) is 0 Å². The molecule has 1 aliphatic rings. The van der Waals surface area contributed by atoms with Crippen LogP contribution in [0.25, 0.3) is 33.5 Å². The molecule has 4 aromatic heterocycles. The number of aromatic nitrogens is 5. The van der Waals surface area contributed by atoms with Gasteiger partial charge in [0.15, 0.2) is 5.65 Å². The molecule has 0 aliphatic heterocycles. The first kappa shape index (κ1) is 29.2. The first-order valence-corrected chi connectivity index (χ1v) is 15.0. The molecule has 4 heterocycles. The topological polar surface area (TPSA) is 129 Å². The number of amides is 1. The van der Waals surface area contributed by atoms with Crippen molar-refractivity contribution in [3.63, 3.8) is 0 Å². The number of halogens is 2. The average molecular weight is 622 g/mol. The minimum atomic E-state index is -0.685. The molecule has 232 valence electrons. The van der Waals surface area contributed by atoms with Gasteiger partial charge in [-0.25, -0.2) is 28.1 Å². The molecule has 6 aromatic rings. The van der Waals surface area contributed by atoms with E-state index in [2.05, 4.69) is 15.3 Å². The minimum absolute atomic E-state index is 0.00570. The Kier molecular flexibility index (Phi) is 7.49. The zero-order chi connectivity index (χ0) is 31.9. The molecule has 1 amide bonds. The quantitative estimate of drug-likeness (QED) is 0.282. The number of pyridine rings is 2. The van der Waals surface area contributed by atoms with Crippen LogP contribution in [0, 0.1) is 11.6 Å². The van der Waals surface area contributed by atoms with Crippen LogP contribution in [0.2, 0.25) is 0 Å². The van der Waals surface area contributed by atoms with Crippen LogP contribution in [0.15, 0.2) is 94.9 Å². The van der Waals surface area contributed by atoms with Crippen LogP contribution in [0.1, 0.15) is 47.8 Å². The van der Waals surface area contributed by atoms with Gasteiger partial charge in [0, 0.05) is 31.0 Å². The number of nitrogens with two attached hydrogens (primary N) is 1. The van der Waals surface area contributed by atoms with Gasteiger partial charge in [-0.15, -0.1) is 0 Å². The van der Waals surface area contributed by atoms with Crippen molar-refractivity contribution in [3.05, 3.63) is 129 Å². The summed E-state index contributed by atoms with van der Waals surface area (Å²) in [4.78, 5) is 49.3. The number of hydrogen-bond acceptors (Lipinski definition) is 6. The lowest BCUT2D eigenvalue weighted by Gasteiger charge is -2.30. The summed E-state index contributed by atoms with van der Waals surface area (Å²) >= 11 is 0. The Labute approximate surface area is 260 Å². The summed E-state index contributed by atoms with van der Waals surface area (Å²) in [5.41, 5.74) is 8.50. The number of nitrogens with one attached hydrogen (secondary N) is 1. The van der Waals surface area contributed by atoms with Crippen molar-refractivity contribution < 1.29 is 13.6 Å². The first-order valence-electron chi connectivity index (χ1n) is 15.0. The van der Waals surface area contributed by atoms with Crippen molar-refractivity contribution in [3.8, 4) is 16.8 Å². The third-order valence-electron chi connectivity index (χ3n) is 8.54. The highest BCUT2D eigenvalue weighted by Gasteiger charge is 2.28. The second kappa shape index (κ2) is 11.8. The summed E-state index contributed by atoms with van der Waals surface area (Å²) in [5.74, 6) is -1.52. The summed E-state index contributed by atoms with van der Waals surface area (Å²) in [7, 11) is 0. The van der Waals surface area contributed by atoms with Gasteiger partial charge < -0.3 is 15.5 Å². The molecule has 0 saturated heterocycles. The molecule has 46 heavy (non-hydrogen) atoms. The fourth-order valence-electron chi connectivity index (χ4n) is 6.25. The number of fused-ring (bicyclic) bond motifs is 2. The normalized spacial score (nSPS) is 16.6. The fraction of sp³-hybridized carbons (Fsp3) is 0.206. The number of carbonyl (C=O) groups excluding carboxylic acids is 1. The molecular formula is C34H29F2N7O3. The minimum Gasteiger partial charge on any atom is -0.348 e. The molecule has 0 radical (unpaired) electrons. The van der Waals surface area contributed by atoms with Gasteiger partial charge in [0.1, 0.15) is 23.0 Å². The molecule has 7 rings (SSSR count). The molecule has 0 unspecified atom stereocenters. The molecule has 1 saturated carbocycles. The Morgan fingerprint density at radius 2 is 1.67 bits per heavy atom. The largest absolute Gasteiger partial charge is 0.348 e. The second-order valence-electron chi connectivity index (χ2n) is 11.5. The molecular weight excluding hydrogens is 592 g/mol. The predicted molar refractivity (Wildman–Crippen MR) is 169 cm³/mol. The van der Waals surface area contributed by atoms with Gasteiger partial charge in [0.05, 0.1) is 17.3 Å². The molecule has 2 aromatic carbocycles. The summed E-state index contributed by atoms with van der Waals surface area (Å²) in [6.45, 7) is 0.381. The van der Waals surface area contributed by atoms with E-state index in [-0.39, 0.29) is 22.8 Å². The molecule has 1 aliphatic carbocycles. The third kappa shape index (κ3) is 5.36. The van der Waals surface area contributed by atoms with Crippen LogP contribution in [0.4, 0.5) is 8.78 Å². The van der Waals surface area contributed by atoms with Crippen LogP contribution in [0.3, 0.4) is 0 Å². The Bertz CT molecular complexity index is 2250. The summed E-state index contributed by atoms with van der Waals surface area (Å²) in [6.07, 6.45) is 5.55. The van der Waals surface area contributed by atoms with Crippen LogP contribution in [0.5, 0.6) is 0 Å². The van der Waals surface area contributed by atoms with E-state index in [0.717, 1.165) is 29.0 Å². The molecule has 0 atom stereocenters. The van der Waals surface area contributed by atoms with E-state index in [1.54, 1.807) is 6.07 Å². The van der Waals surface area contributed by atoms with Gasteiger partial charge >= 0.3 is 5.69 Å². The number of nitrogens with zero attached hydrogens (tertiary/aromatic N) is 5. The molecule has 10 nitrogen and oxygen atoms in total. The van der Waals surface area contributed by atoms with Crippen molar-refractivity contribution in [2.24, 2.45) is 5.73 Å². The lowest BCUT2D eigenvalue weighted by molar-refractivity contribution is 0.0917. The standard InChI is InChI=1S/C34H29F2N7O3/c35-23-7-12-30-40-29(19-41(30)18-23)32(44)39-25-8-10-26(11-9-25)43-33(45)28-15-24(36)17-38-31(28)42(34(43)46)27-6-2-5-22(14-27)21-4-1-3-20(13-21)16-37/h1-7,12-15,17-19,25-26H,8-11,16,37H2,(H,39,44). The maximum atomic E-state index is 14.4. The van der Waals surface area contributed by atoms with Crippen molar-refractivity contribution >= 4 is 22.6 Å². The zero-order valence-electron chi connectivity index (χ0n) is 24.6. The highest BCUT2D eigenvalue weighted by molar-refractivity contribution is 5.93. The Hall–Kier alpha value is -5.49. The van der Waals surface area contributed by atoms with Gasteiger partial charge in [-0.05, 0) is 78.8 Å². The van der Waals surface area contributed by atoms with Gasteiger partial charge in [0.2, 0.25) is 0 Å². The molecule has 0 spiro atoms. The van der Waals surface area contributed by atoms with Crippen LogP contribution in [-0.2, 0) is 6.54 Å². The average Bonchev–Trinajstić information content (AvgIpc) is 3.50. The maximum absolute atomic E-state index is 14.4. The number of carbonyl (C=O) groups is 1. The Morgan fingerprint density at radius 1 is 0.913 bits per heavy atom. The Balaban J connectivity index is 1.20. The van der Waals surface area contributed by atoms with E-state index >= 15 is 0 Å². The van der Waals surface area contributed by atoms with E-state index in [4.69, 9.17) is 5.73 Å². The monoisotopic (exact) mass is 621 g/mol. The number of benzene rings is 2. The number of hydrogen-bond donors (Lipinski definition) is 2. The molecule has 12 heteroatoms. The van der Waals surface area contributed by atoms with Crippen molar-refractivity contribution in [1.82, 2.24) is 28.8 Å². The molecule has 3 N–H and O–H groups in total. The highest BCUT2D eigenvalue weighted by Crippen LogP contribution is 2.28. The maximum Gasteiger partial charge on any atom is 0.337 e. The zero-order valence-corrected chi connectivity index (χ0v) is 24.6. The van der Waals surface area contributed by atoms with E-state index < -0.39 is 34.8 Å². The molecule has 0 bridgehead atoms. The second-order valence-corrected chi connectivity index (χ2v) is 11.5. The van der Waals surface area contributed by atoms with E-state index in [1.807, 2.05) is 42.5 Å². The van der Waals surface area contributed by atoms with Gasteiger partial charge in [0.25, 0.3) is 11.5 Å². The van der Waals surface area contributed by atoms with Gasteiger partial charge in [-0.3, -0.25) is 14.2 Å². The van der Waals surface area contributed by atoms with E-state index in [1.165, 1.54) is 38.1 Å². The fourth-order valence-corrected chi connectivity index (χ4v) is 6.25. The lowest BCUT2D eigenvalue weighted by Crippen LogP contribution is -2.45. The number of rotatable bonds is 6. The SMILES string of the molecule is NCc1cccc(-c2cccc(-n3c(=O)n(C4CCC(NC(=O)c5cn6cc(F)ccc6n5)CC4)c(=O)c4cc(F)cnc43)c2)c1. The van der Waals surface area contributed by atoms with E-state index in [0.29, 0.717) is 43.6 Å². The van der Waals surface area contributed by atoms with Crippen LogP contribution < -0.4 is 22.3 Å². The van der Waals surface area contributed by atoms with Crippen molar-refractivity contribution in [1.29, 1.82) is 0 Å². The van der Waals surface area contributed by atoms with Gasteiger partial charge in [-0.2, -0.15) is 0 Å². The first-order chi connectivity index (χ1) is 22.3. The summed E-state index contributed by atoms with van der Waals surface area (Å²) < 4.78 is 32.0. The van der Waals surface area contributed by atoms with Crippen LogP contribution in [-0.4, -0.2) is 35.5 Å². The molecule has 1 fully saturated rings. The van der Waals surface area contributed by atoms with Gasteiger partial charge in [-0.1, -0.05) is 30.3 Å². The number of imidazole rings is 1. The Morgan fingerprint density at radius 3 is 2.46 bits per heavy atom. The van der Waals surface area contributed by atoms with Crippen LogP contribution >= 0.6 is 0 Å². The predicted octanol–water partition coefficient (Wildman–Crippen LogP) is 4.51. The smallest absolute Gasteiger partial charge is 0.337 e.